The van der Waals surface area contributed by atoms with E-state index in [9.17, 15) is 0 Å². The Morgan fingerprint density at radius 3 is 2.71 bits per heavy atom. The van der Waals surface area contributed by atoms with E-state index in [1.807, 2.05) is 18.7 Å². The van der Waals surface area contributed by atoms with Crippen LogP contribution in [0, 0.1) is 12.8 Å². The van der Waals surface area contributed by atoms with Crippen LogP contribution >= 0.6 is 15.9 Å². The molecule has 0 aromatic carbocycles. The van der Waals surface area contributed by atoms with Crippen molar-refractivity contribution in [2.24, 2.45) is 18.7 Å². The van der Waals surface area contributed by atoms with Crippen LogP contribution in [0.4, 0.5) is 0 Å². The first-order valence-corrected chi connectivity index (χ1v) is 6.92. The highest BCUT2D eigenvalue weighted by Gasteiger charge is 2.24. The minimum atomic E-state index is 0.312. The molecule has 1 aromatic heterocycles. The van der Waals surface area contributed by atoms with Gasteiger partial charge in [0.2, 0.25) is 0 Å². The van der Waals surface area contributed by atoms with Crippen molar-refractivity contribution in [2.75, 3.05) is 13.1 Å². The molecule has 4 nitrogen and oxygen atoms in total. The van der Waals surface area contributed by atoms with Crippen LogP contribution in [0.15, 0.2) is 4.47 Å². The molecule has 0 amide bonds. The number of likely N-dealkylation sites (tertiary alicyclic amines) is 1. The average molecular weight is 301 g/mol. The molecular weight excluding hydrogens is 280 g/mol. The van der Waals surface area contributed by atoms with Crippen LogP contribution in [-0.2, 0) is 13.6 Å². The molecule has 2 rings (SSSR count). The van der Waals surface area contributed by atoms with Gasteiger partial charge in [-0.05, 0) is 35.2 Å². The Labute approximate surface area is 111 Å². The summed E-state index contributed by atoms with van der Waals surface area (Å²) in [7, 11) is 2.00. The summed E-state index contributed by atoms with van der Waals surface area (Å²) in [6.07, 6.45) is 1.14. The van der Waals surface area contributed by atoms with Crippen LogP contribution in [0.2, 0.25) is 0 Å². The topological polar surface area (TPSA) is 47.1 Å². The van der Waals surface area contributed by atoms with Crippen LogP contribution in [0.3, 0.4) is 0 Å². The lowest BCUT2D eigenvalue weighted by atomic mass is 9.96. The average Bonchev–Trinajstić information content (AvgIpc) is 2.44. The molecule has 0 saturated carbocycles. The fourth-order valence-corrected chi connectivity index (χ4v) is 3.17. The van der Waals surface area contributed by atoms with Gasteiger partial charge in [-0.15, -0.1) is 0 Å². The van der Waals surface area contributed by atoms with Gasteiger partial charge < -0.3 is 5.73 Å². The molecule has 2 N–H and O–H groups in total. The third-order valence-corrected chi connectivity index (χ3v) is 4.43. The Morgan fingerprint density at radius 1 is 1.47 bits per heavy atom. The Bertz CT molecular complexity index is 391. The van der Waals surface area contributed by atoms with Crippen LogP contribution in [-0.4, -0.2) is 33.8 Å². The van der Waals surface area contributed by atoms with E-state index < -0.39 is 0 Å². The lowest BCUT2D eigenvalue weighted by Gasteiger charge is -2.34. The molecule has 1 aliphatic rings. The molecule has 5 heteroatoms. The highest BCUT2D eigenvalue weighted by atomic mass is 79.9. The molecule has 2 heterocycles. The van der Waals surface area contributed by atoms with Crippen LogP contribution < -0.4 is 5.73 Å². The highest BCUT2D eigenvalue weighted by molar-refractivity contribution is 9.10. The molecule has 1 saturated heterocycles. The van der Waals surface area contributed by atoms with E-state index in [4.69, 9.17) is 5.73 Å². The first-order chi connectivity index (χ1) is 7.97. The summed E-state index contributed by atoms with van der Waals surface area (Å²) in [5.41, 5.74) is 8.37. The van der Waals surface area contributed by atoms with Gasteiger partial charge in [0.05, 0.1) is 15.9 Å². The van der Waals surface area contributed by atoms with E-state index in [0.717, 1.165) is 36.2 Å². The van der Waals surface area contributed by atoms with Crippen molar-refractivity contribution in [2.45, 2.75) is 32.9 Å². The van der Waals surface area contributed by atoms with Gasteiger partial charge in [-0.25, -0.2) is 0 Å². The Hall–Kier alpha value is -0.390. The second kappa shape index (κ2) is 5.08. The molecule has 0 radical (unpaired) electrons. The lowest BCUT2D eigenvalue weighted by molar-refractivity contribution is 0.155. The summed E-state index contributed by atoms with van der Waals surface area (Å²) >= 11 is 3.62. The van der Waals surface area contributed by atoms with Gasteiger partial charge in [-0.3, -0.25) is 9.58 Å². The maximum atomic E-state index is 6.07. The van der Waals surface area contributed by atoms with Crippen molar-refractivity contribution < 1.29 is 0 Å². The van der Waals surface area contributed by atoms with E-state index in [2.05, 4.69) is 32.9 Å². The zero-order chi connectivity index (χ0) is 12.6. The zero-order valence-electron chi connectivity index (χ0n) is 10.8. The third kappa shape index (κ3) is 2.89. The van der Waals surface area contributed by atoms with Crippen molar-refractivity contribution in [1.29, 1.82) is 0 Å². The van der Waals surface area contributed by atoms with Crippen molar-refractivity contribution >= 4 is 15.9 Å². The predicted molar refractivity (Wildman–Crippen MR) is 72.7 cm³/mol. The Kier molecular flexibility index (Phi) is 3.90. The van der Waals surface area contributed by atoms with Gasteiger partial charge in [0.1, 0.15) is 0 Å². The molecule has 1 aromatic rings. The minimum absolute atomic E-state index is 0.312. The predicted octanol–water partition coefficient (Wildman–Crippen LogP) is 1.66. The number of hydrogen-bond acceptors (Lipinski definition) is 3. The van der Waals surface area contributed by atoms with Gasteiger partial charge in [0.25, 0.3) is 0 Å². The molecule has 1 aliphatic heterocycles. The van der Waals surface area contributed by atoms with Crippen molar-refractivity contribution in [3.8, 4) is 0 Å². The second-order valence-corrected chi connectivity index (χ2v) is 6.06. The number of halogens is 1. The highest BCUT2D eigenvalue weighted by Crippen LogP contribution is 2.24. The normalized spacial score (nSPS) is 26.4. The SMILES string of the molecule is Cc1nn(C)c(CN2CC(C)CC(N)C2)c1Br. The van der Waals surface area contributed by atoms with Crippen LogP contribution in [0.25, 0.3) is 0 Å². The van der Waals surface area contributed by atoms with E-state index in [1.165, 1.54) is 5.69 Å². The van der Waals surface area contributed by atoms with Crippen molar-refractivity contribution in [3.63, 3.8) is 0 Å². The minimum Gasteiger partial charge on any atom is -0.327 e. The summed E-state index contributed by atoms with van der Waals surface area (Å²) in [6.45, 7) is 7.34. The maximum Gasteiger partial charge on any atom is 0.0739 e. The van der Waals surface area contributed by atoms with Gasteiger partial charge in [0, 0.05) is 32.7 Å². The first kappa shape index (κ1) is 13.1. The number of hydrogen-bond donors (Lipinski definition) is 1. The molecule has 0 bridgehead atoms. The third-order valence-electron chi connectivity index (χ3n) is 3.40. The zero-order valence-corrected chi connectivity index (χ0v) is 12.4. The summed E-state index contributed by atoms with van der Waals surface area (Å²) in [6, 6.07) is 0.312. The summed E-state index contributed by atoms with van der Waals surface area (Å²) < 4.78 is 3.09. The fraction of sp³-hybridized carbons (Fsp3) is 0.750. The van der Waals surface area contributed by atoms with Crippen molar-refractivity contribution in [1.82, 2.24) is 14.7 Å². The molecule has 0 spiro atoms. The number of nitrogens with two attached hydrogens (primary N) is 1. The van der Waals surface area contributed by atoms with E-state index in [0.29, 0.717) is 12.0 Å². The van der Waals surface area contributed by atoms with Gasteiger partial charge in [-0.1, -0.05) is 6.92 Å². The number of rotatable bonds is 2. The quantitative estimate of drug-likeness (QED) is 0.904. The van der Waals surface area contributed by atoms with Crippen LogP contribution in [0.5, 0.6) is 0 Å². The number of nitrogens with zero attached hydrogens (tertiary/aromatic N) is 3. The molecule has 0 aliphatic carbocycles. The number of aromatic nitrogens is 2. The molecule has 2 atom stereocenters. The van der Waals surface area contributed by atoms with E-state index >= 15 is 0 Å². The molecule has 17 heavy (non-hydrogen) atoms. The summed E-state index contributed by atoms with van der Waals surface area (Å²) in [5.74, 6) is 0.687. The Morgan fingerprint density at radius 2 is 2.18 bits per heavy atom. The van der Waals surface area contributed by atoms with E-state index in [-0.39, 0.29) is 0 Å². The largest absolute Gasteiger partial charge is 0.327 e. The standard InChI is InChI=1S/C12H21BrN4/c1-8-4-10(14)6-17(5-8)7-11-12(13)9(2)15-16(11)3/h8,10H,4-7,14H2,1-3H3. The monoisotopic (exact) mass is 300 g/mol. The molecular formula is C12H21BrN4. The molecule has 96 valence electrons. The Balaban J connectivity index is 2.10. The lowest BCUT2D eigenvalue weighted by Crippen LogP contribution is -2.46. The van der Waals surface area contributed by atoms with Crippen LogP contribution in [0.1, 0.15) is 24.7 Å². The smallest absolute Gasteiger partial charge is 0.0739 e. The van der Waals surface area contributed by atoms with Gasteiger partial charge in [-0.2, -0.15) is 5.10 Å². The molecule has 2 unspecified atom stereocenters. The first-order valence-electron chi connectivity index (χ1n) is 6.13. The molecule has 1 fully saturated rings. The summed E-state index contributed by atoms with van der Waals surface area (Å²) in [4.78, 5) is 2.43. The maximum absolute atomic E-state index is 6.07. The van der Waals surface area contributed by atoms with E-state index in [1.54, 1.807) is 0 Å². The van der Waals surface area contributed by atoms with Gasteiger partial charge in [0.15, 0.2) is 0 Å². The fourth-order valence-electron chi connectivity index (χ4n) is 2.71. The summed E-state index contributed by atoms with van der Waals surface area (Å²) in [5, 5.41) is 4.43. The van der Waals surface area contributed by atoms with Crippen molar-refractivity contribution in [3.05, 3.63) is 15.9 Å². The number of aryl methyl sites for hydroxylation is 2. The second-order valence-electron chi connectivity index (χ2n) is 5.26. The van der Waals surface area contributed by atoms with Gasteiger partial charge >= 0.3 is 0 Å². The number of piperidine rings is 1.